The lowest BCUT2D eigenvalue weighted by Crippen LogP contribution is -2.70. The molecule has 0 aromatic carbocycles. The summed E-state index contributed by atoms with van der Waals surface area (Å²) in [6.45, 7) is 10.1. The van der Waals surface area contributed by atoms with Gasteiger partial charge in [-0.05, 0) is 104 Å². The Labute approximate surface area is 400 Å². The molecule has 8 aliphatic rings. The van der Waals surface area contributed by atoms with E-state index in [0.717, 1.165) is 12.8 Å². The molecule has 3 aliphatic heterocycles. The number of aliphatic hydroxyl groups excluding tert-OH is 11. The molecule has 13 N–H and O–H groups in total. The molecule has 0 bridgehead atoms. The van der Waals surface area contributed by atoms with Gasteiger partial charge in [0.15, 0.2) is 18.9 Å². The van der Waals surface area contributed by atoms with Gasteiger partial charge in [0.05, 0.1) is 36.8 Å². The van der Waals surface area contributed by atoms with Gasteiger partial charge in [-0.3, -0.25) is 9.59 Å². The maximum Gasteiger partial charge on any atom is 0.312 e. The molecular formula is C48H76O21. The largest absolute Gasteiger partial charge is 0.481 e. The maximum absolute atomic E-state index is 13.8. The summed E-state index contributed by atoms with van der Waals surface area (Å²) in [5.41, 5.74) is -3.05. The van der Waals surface area contributed by atoms with E-state index in [1.807, 2.05) is 6.92 Å². The van der Waals surface area contributed by atoms with Gasteiger partial charge in [0, 0.05) is 0 Å². The number of aliphatic carboxylic acids is 2. The van der Waals surface area contributed by atoms with E-state index in [0.29, 0.717) is 38.5 Å². The topological polar surface area (TPSA) is 353 Å². The monoisotopic (exact) mass is 988 g/mol. The fourth-order valence-electron chi connectivity index (χ4n) is 15.1. The van der Waals surface area contributed by atoms with Crippen LogP contribution in [0, 0.1) is 50.2 Å². The van der Waals surface area contributed by atoms with E-state index >= 15 is 0 Å². The Bertz CT molecular complexity index is 1930. The molecule has 0 spiro atoms. The minimum absolute atomic E-state index is 0.0367. The zero-order chi connectivity index (χ0) is 50.7. The lowest BCUT2D eigenvalue weighted by Gasteiger charge is -2.71. The van der Waals surface area contributed by atoms with Gasteiger partial charge in [-0.2, -0.15) is 0 Å². The first-order valence-electron chi connectivity index (χ1n) is 24.6. The van der Waals surface area contributed by atoms with E-state index in [1.165, 1.54) is 12.5 Å². The van der Waals surface area contributed by atoms with Gasteiger partial charge in [0.1, 0.15) is 79.4 Å². The van der Waals surface area contributed by atoms with Crippen LogP contribution >= 0.6 is 0 Å². The molecule has 25 atom stereocenters. The summed E-state index contributed by atoms with van der Waals surface area (Å²) < 4.78 is 34.7. The zero-order valence-corrected chi connectivity index (χ0v) is 40.2. The number of carboxylic acid groups (broad SMARTS) is 2. The fraction of sp³-hybridized carbons (Fsp3) is 0.917. The van der Waals surface area contributed by atoms with Gasteiger partial charge in [-0.25, -0.2) is 0 Å². The highest BCUT2D eigenvalue weighted by molar-refractivity contribution is 5.77. The van der Waals surface area contributed by atoms with Crippen LogP contribution in [0.2, 0.25) is 0 Å². The second-order valence-corrected chi connectivity index (χ2v) is 23.4. The summed E-state index contributed by atoms with van der Waals surface area (Å²) in [7, 11) is 0. The predicted molar refractivity (Wildman–Crippen MR) is 234 cm³/mol. The molecule has 0 aromatic rings. The molecule has 0 radical (unpaired) electrons. The number of carboxylic acids is 2. The van der Waals surface area contributed by atoms with Crippen molar-refractivity contribution in [3.05, 3.63) is 11.6 Å². The number of fused-ring (bicyclic) bond motifs is 7. The highest BCUT2D eigenvalue weighted by Gasteiger charge is 2.73. The van der Waals surface area contributed by atoms with Crippen molar-refractivity contribution in [1.29, 1.82) is 0 Å². The Balaban J connectivity index is 1.02. The number of allylic oxidation sites excluding steroid dienone is 2. The van der Waals surface area contributed by atoms with Gasteiger partial charge >= 0.3 is 11.9 Å². The highest BCUT2D eigenvalue weighted by atomic mass is 16.8. The molecule has 394 valence electrons. The third-order valence-corrected chi connectivity index (χ3v) is 19.4. The van der Waals surface area contributed by atoms with E-state index in [2.05, 4.69) is 33.8 Å². The molecule has 7 fully saturated rings. The molecule has 69 heavy (non-hydrogen) atoms. The summed E-state index contributed by atoms with van der Waals surface area (Å²) in [6, 6.07) is 0. The Morgan fingerprint density at radius 2 is 1.19 bits per heavy atom. The van der Waals surface area contributed by atoms with Crippen LogP contribution in [0.3, 0.4) is 0 Å². The molecule has 3 heterocycles. The van der Waals surface area contributed by atoms with Gasteiger partial charge in [0.25, 0.3) is 0 Å². The number of rotatable bonds is 11. The van der Waals surface area contributed by atoms with E-state index in [-0.39, 0.29) is 29.1 Å². The standard InChI is InChI=1S/C48H76O21/c1-43(2)11-13-48(42(62)63)14-12-45(4)20(21(48)15-43)7-8-26-44(3)16-22(51)37(47(6,41(60)61)27(44)9-10-46(26,45)5)69-40-35(59)36(30(54)24(18-50)66-40)68-39-34(58)32(56)29(53)25(67-39)19-64-38-33(57)31(55)28(52)23(17-49)65-38/h7,21-40,49-59H,8-19H2,1-6H3,(H,60,61)(H,62,63)/t21-,22-,23+,24+,25+,26+,27+,28+,29+,30+,31-,32-,33+,34+,35+,36-,37-,38+,39-,40-,44+,45+,46+,47?,48-/m0/s1. The van der Waals surface area contributed by atoms with E-state index in [9.17, 15) is 76.0 Å². The molecule has 21 nitrogen and oxygen atoms in total. The van der Waals surface area contributed by atoms with Crippen molar-refractivity contribution in [2.75, 3.05) is 19.8 Å². The average Bonchev–Trinajstić information content (AvgIpc) is 3.28. The summed E-state index contributed by atoms with van der Waals surface area (Å²) >= 11 is 0. The Morgan fingerprint density at radius 3 is 1.81 bits per heavy atom. The normalized spacial score (nSPS) is 54.0. The smallest absolute Gasteiger partial charge is 0.312 e. The van der Waals surface area contributed by atoms with Crippen LogP contribution in [0.15, 0.2) is 11.6 Å². The van der Waals surface area contributed by atoms with E-state index < -0.39 is 164 Å². The van der Waals surface area contributed by atoms with Gasteiger partial charge < -0.3 is 94.8 Å². The highest BCUT2D eigenvalue weighted by Crippen LogP contribution is 2.76. The van der Waals surface area contributed by atoms with Crippen LogP contribution in [-0.4, -0.2) is 202 Å². The first-order valence-corrected chi connectivity index (χ1v) is 24.6. The summed E-state index contributed by atoms with van der Waals surface area (Å²) in [5.74, 6) is -2.86. The SMILES string of the molecule is CC1(C)CC[C@]2(C(=O)O)CC[C@]3(C)C(=CC[C@@H]4[C@@]5(C)C[C@H](O)[C@H](O[C@@H]6O[C@H](CO)[C@@H](O)[C@H](O[C@@H]7O[C@H](CO[C@@H]8O[C@H](CO)[C@@H](O)[C@H](O)[C@H]8O)[C@@H](O)[C@H](O)[C@H]7O)[C@H]6O)C(C)(C(=O)O)[C@@H]5CC[C@]43C)[C@@H]2C1. The van der Waals surface area contributed by atoms with Gasteiger partial charge in [-0.15, -0.1) is 0 Å². The van der Waals surface area contributed by atoms with Crippen LogP contribution in [0.25, 0.3) is 0 Å². The third-order valence-electron chi connectivity index (χ3n) is 19.4. The molecule has 21 heteroatoms. The molecule has 0 aromatic heterocycles. The summed E-state index contributed by atoms with van der Waals surface area (Å²) in [4.78, 5) is 27.0. The number of ether oxygens (including phenoxy) is 6. The minimum Gasteiger partial charge on any atom is -0.481 e. The molecule has 3 saturated heterocycles. The van der Waals surface area contributed by atoms with Crippen LogP contribution in [0.1, 0.15) is 99.3 Å². The fourth-order valence-corrected chi connectivity index (χ4v) is 15.1. The maximum atomic E-state index is 13.8. The summed E-state index contributed by atoms with van der Waals surface area (Å²) in [6.07, 6.45) is -22.5. The van der Waals surface area contributed by atoms with Crippen LogP contribution in [-0.2, 0) is 38.0 Å². The zero-order valence-electron chi connectivity index (χ0n) is 40.2. The van der Waals surface area contributed by atoms with Crippen molar-refractivity contribution in [2.24, 2.45) is 50.2 Å². The van der Waals surface area contributed by atoms with Crippen molar-refractivity contribution in [2.45, 2.75) is 204 Å². The van der Waals surface area contributed by atoms with Gasteiger partial charge in [0.2, 0.25) is 0 Å². The van der Waals surface area contributed by atoms with E-state index in [1.54, 1.807) is 0 Å². The van der Waals surface area contributed by atoms with Crippen molar-refractivity contribution < 1.29 is 104 Å². The number of hydrogen-bond acceptors (Lipinski definition) is 19. The second-order valence-electron chi connectivity index (χ2n) is 23.4. The molecular weight excluding hydrogens is 913 g/mol. The number of carbonyl (C=O) groups is 2. The van der Waals surface area contributed by atoms with Crippen molar-refractivity contribution in [3.63, 3.8) is 0 Å². The Hall–Kier alpha value is -2.00. The van der Waals surface area contributed by atoms with E-state index in [4.69, 9.17) is 28.4 Å². The average molecular weight is 989 g/mol. The minimum atomic E-state index is -2.03. The third kappa shape index (κ3) is 8.25. The molecule has 5 aliphatic carbocycles. The van der Waals surface area contributed by atoms with Gasteiger partial charge in [-0.1, -0.05) is 46.3 Å². The van der Waals surface area contributed by atoms with Crippen LogP contribution < -0.4 is 0 Å². The Morgan fingerprint density at radius 1 is 0.623 bits per heavy atom. The molecule has 4 saturated carbocycles. The lowest BCUT2D eigenvalue weighted by molar-refractivity contribution is -0.376. The first-order chi connectivity index (χ1) is 32.2. The van der Waals surface area contributed by atoms with Crippen LogP contribution in [0.5, 0.6) is 0 Å². The number of aliphatic hydroxyl groups is 11. The predicted octanol–water partition coefficient (Wildman–Crippen LogP) is -1.26. The van der Waals surface area contributed by atoms with Crippen molar-refractivity contribution >= 4 is 11.9 Å². The lowest BCUT2D eigenvalue weighted by atomic mass is 9.33. The summed E-state index contributed by atoms with van der Waals surface area (Å²) in [5, 5.41) is 141. The Kier molecular flexibility index (Phi) is 14.5. The molecule has 0 amide bonds. The molecule has 8 rings (SSSR count). The van der Waals surface area contributed by atoms with Crippen molar-refractivity contribution in [3.8, 4) is 0 Å². The number of hydrogen-bond donors (Lipinski definition) is 13. The second kappa shape index (κ2) is 18.7. The molecule has 1 unspecified atom stereocenters. The quantitative estimate of drug-likeness (QED) is 0.0849. The van der Waals surface area contributed by atoms with Crippen LogP contribution in [0.4, 0.5) is 0 Å². The first kappa shape index (κ1) is 53.3. The van der Waals surface area contributed by atoms with Crippen molar-refractivity contribution in [1.82, 2.24) is 0 Å².